The van der Waals surface area contributed by atoms with Gasteiger partial charge in [0, 0.05) is 18.9 Å². The van der Waals surface area contributed by atoms with Gasteiger partial charge in [0.2, 0.25) is 5.91 Å². The number of nitrogens with one attached hydrogen (secondary N) is 2. The molecular weight excluding hydrogens is 288 g/mol. The number of benzene rings is 1. The highest BCUT2D eigenvalue weighted by molar-refractivity contribution is 5.77. The number of piperidine rings is 1. The van der Waals surface area contributed by atoms with Crippen molar-refractivity contribution in [2.24, 2.45) is 5.92 Å². The summed E-state index contributed by atoms with van der Waals surface area (Å²) in [6.07, 6.45) is 3.54. The first-order valence-electron chi connectivity index (χ1n) is 8.83. The van der Waals surface area contributed by atoms with Crippen LogP contribution in [0.1, 0.15) is 51.0 Å². The Morgan fingerprint density at radius 2 is 2.09 bits per heavy atom. The zero-order valence-electron chi connectivity index (χ0n) is 14.2. The molecule has 0 aromatic heterocycles. The minimum Gasteiger partial charge on any atom is -0.487 e. The second kappa shape index (κ2) is 6.91. The molecule has 4 nitrogen and oxygen atoms in total. The molecule has 2 aliphatic heterocycles. The van der Waals surface area contributed by atoms with Gasteiger partial charge in [0.05, 0.1) is 0 Å². The van der Waals surface area contributed by atoms with Crippen molar-refractivity contribution in [2.45, 2.75) is 51.0 Å². The lowest BCUT2D eigenvalue weighted by molar-refractivity contribution is -0.122. The first-order valence-corrected chi connectivity index (χ1v) is 8.83. The zero-order valence-corrected chi connectivity index (χ0v) is 14.2. The van der Waals surface area contributed by atoms with Gasteiger partial charge in [-0.25, -0.2) is 0 Å². The summed E-state index contributed by atoms with van der Waals surface area (Å²) in [6.45, 7) is 6.98. The Bertz CT molecular complexity index is 550. The van der Waals surface area contributed by atoms with E-state index in [9.17, 15) is 4.79 Å². The summed E-state index contributed by atoms with van der Waals surface area (Å²) < 4.78 is 6.40. The first kappa shape index (κ1) is 16.3. The lowest BCUT2D eigenvalue weighted by Gasteiger charge is -2.44. The fourth-order valence-corrected chi connectivity index (χ4v) is 3.73. The quantitative estimate of drug-likeness (QED) is 0.898. The van der Waals surface area contributed by atoms with Crippen LogP contribution in [0.3, 0.4) is 0 Å². The van der Waals surface area contributed by atoms with Crippen molar-refractivity contribution < 1.29 is 9.53 Å². The van der Waals surface area contributed by atoms with Crippen molar-refractivity contribution in [3.05, 3.63) is 29.8 Å². The third-order valence-electron chi connectivity index (χ3n) is 4.96. The highest BCUT2D eigenvalue weighted by Crippen LogP contribution is 2.45. The summed E-state index contributed by atoms with van der Waals surface area (Å²) >= 11 is 0. The van der Waals surface area contributed by atoms with Gasteiger partial charge >= 0.3 is 0 Å². The largest absolute Gasteiger partial charge is 0.487 e. The molecule has 1 atom stereocenters. The predicted molar refractivity (Wildman–Crippen MR) is 91.7 cm³/mol. The number of para-hydroxylation sites is 1. The van der Waals surface area contributed by atoms with Gasteiger partial charge in [-0.3, -0.25) is 4.79 Å². The van der Waals surface area contributed by atoms with Crippen LogP contribution in [0, 0.1) is 5.92 Å². The highest BCUT2D eigenvalue weighted by Gasteiger charge is 2.42. The topological polar surface area (TPSA) is 50.4 Å². The number of carbonyl (C=O) groups excluding carboxylic acids is 1. The molecule has 2 N–H and O–H groups in total. The van der Waals surface area contributed by atoms with E-state index >= 15 is 0 Å². The van der Waals surface area contributed by atoms with Gasteiger partial charge in [0.15, 0.2) is 0 Å². The van der Waals surface area contributed by atoms with Gasteiger partial charge in [-0.2, -0.15) is 0 Å². The lowest BCUT2D eigenvalue weighted by atomic mass is 9.76. The van der Waals surface area contributed by atoms with Gasteiger partial charge < -0.3 is 15.4 Å². The van der Waals surface area contributed by atoms with Gasteiger partial charge in [-0.15, -0.1) is 0 Å². The molecule has 1 saturated heterocycles. The van der Waals surface area contributed by atoms with Crippen molar-refractivity contribution >= 4 is 5.91 Å². The maximum Gasteiger partial charge on any atom is 0.220 e. The Hall–Kier alpha value is -1.55. The van der Waals surface area contributed by atoms with E-state index in [2.05, 4.69) is 36.6 Å². The maximum absolute atomic E-state index is 12.3. The Morgan fingerprint density at radius 3 is 2.83 bits per heavy atom. The Morgan fingerprint density at radius 1 is 1.35 bits per heavy atom. The standard InChI is InChI=1S/C19H28N2O2/c1-14(2)13-21-18(22)11-15-12-19(7-9-20-10-8-19)23-17-6-4-3-5-16(15)17/h3-6,14-15,20H,7-13H2,1-2H3,(H,21,22)/t15-/m1/s1. The summed E-state index contributed by atoms with van der Waals surface area (Å²) in [5.74, 6) is 1.87. The predicted octanol–water partition coefficient (Wildman–Crippen LogP) is 2.84. The zero-order chi connectivity index (χ0) is 16.3. The molecule has 1 amide bonds. The number of hydrogen-bond donors (Lipinski definition) is 2. The molecule has 0 aliphatic carbocycles. The molecule has 1 spiro atoms. The molecule has 0 radical (unpaired) electrons. The van der Waals surface area contributed by atoms with Crippen LogP contribution in [0.4, 0.5) is 0 Å². The maximum atomic E-state index is 12.3. The van der Waals surface area contributed by atoms with Crippen molar-refractivity contribution in [2.75, 3.05) is 19.6 Å². The van der Waals surface area contributed by atoms with E-state index in [1.165, 1.54) is 5.56 Å². The molecule has 1 fully saturated rings. The van der Waals surface area contributed by atoms with E-state index in [0.717, 1.165) is 44.6 Å². The van der Waals surface area contributed by atoms with Crippen LogP contribution in [0.5, 0.6) is 5.75 Å². The van der Waals surface area contributed by atoms with Crippen LogP contribution in [-0.4, -0.2) is 31.1 Å². The fraction of sp³-hybridized carbons (Fsp3) is 0.632. The normalized spacial score (nSPS) is 22.5. The van der Waals surface area contributed by atoms with Crippen LogP contribution in [0.25, 0.3) is 0 Å². The Kier molecular flexibility index (Phi) is 4.90. The van der Waals surface area contributed by atoms with Crippen LogP contribution < -0.4 is 15.4 Å². The van der Waals surface area contributed by atoms with Crippen LogP contribution in [-0.2, 0) is 4.79 Å². The highest BCUT2D eigenvalue weighted by atomic mass is 16.5. The van der Waals surface area contributed by atoms with Crippen LogP contribution in [0.2, 0.25) is 0 Å². The van der Waals surface area contributed by atoms with Crippen molar-refractivity contribution in [1.82, 2.24) is 10.6 Å². The summed E-state index contributed by atoms with van der Waals surface area (Å²) in [6, 6.07) is 8.23. The number of ether oxygens (including phenoxy) is 1. The SMILES string of the molecule is CC(C)CNC(=O)C[C@@H]1CC2(CCNCC2)Oc2ccccc21. The van der Waals surface area contributed by atoms with Gasteiger partial charge in [0.25, 0.3) is 0 Å². The molecule has 0 unspecified atom stereocenters. The van der Waals surface area contributed by atoms with Crippen LogP contribution in [0.15, 0.2) is 24.3 Å². The third kappa shape index (κ3) is 3.86. The molecule has 1 aromatic rings. The minimum absolute atomic E-state index is 0.0946. The van der Waals surface area contributed by atoms with Crippen molar-refractivity contribution in [3.63, 3.8) is 0 Å². The summed E-state index contributed by atoms with van der Waals surface area (Å²) in [4.78, 5) is 12.3. The number of hydrogen-bond acceptors (Lipinski definition) is 3. The Labute approximate surface area is 139 Å². The average molecular weight is 316 g/mol. The summed E-state index contributed by atoms with van der Waals surface area (Å²) in [5.41, 5.74) is 1.10. The monoisotopic (exact) mass is 316 g/mol. The second-order valence-electron chi connectivity index (χ2n) is 7.38. The fourth-order valence-electron chi connectivity index (χ4n) is 3.73. The number of amides is 1. The third-order valence-corrected chi connectivity index (χ3v) is 4.96. The van der Waals surface area contributed by atoms with Crippen molar-refractivity contribution in [3.8, 4) is 5.75 Å². The van der Waals surface area contributed by atoms with E-state index < -0.39 is 0 Å². The molecule has 23 heavy (non-hydrogen) atoms. The summed E-state index contributed by atoms with van der Waals surface area (Å²) in [5, 5.41) is 6.47. The van der Waals surface area contributed by atoms with Gasteiger partial charge in [-0.05, 0) is 49.9 Å². The van der Waals surface area contributed by atoms with Crippen LogP contribution >= 0.6 is 0 Å². The van der Waals surface area contributed by atoms with E-state index in [1.54, 1.807) is 0 Å². The summed E-state index contributed by atoms with van der Waals surface area (Å²) in [7, 11) is 0. The van der Waals surface area contributed by atoms with E-state index in [1.807, 2.05) is 12.1 Å². The van der Waals surface area contributed by atoms with E-state index in [4.69, 9.17) is 4.74 Å². The second-order valence-corrected chi connectivity index (χ2v) is 7.38. The lowest BCUT2D eigenvalue weighted by Crippen LogP contribution is -2.49. The number of fused-ring (bicyclic) bond motifs is 1. The molecular formula is C19H28N2O2. The van der Waals surface area contributed by atoms with Gasteiger partial charge in [-0.1, -0.05) is 32.0 Å². The molecule has 1 aromatic carbocycles. The van der Waals surface area contributed by atoms with E-state index in [-0.39, 0.29) is 17.4 Å². The number of carbonyl (C=O) groups is 1. The molecule has 0 saturated carbocycles. The van der Waals surface area contributed by atoms with Crippen molar-refractivity contribution in [1.29, 1.82) is 0 Å². The van der Waals surface area contributed by atoms with E-state index in [0.29, 0.717) is 12.3 Å². The molecule has 4 heteroatoms. The molecule has 3 rings (SSSR count). The molecule has 2 aliphatic rings. The molecule has 126 valence electrons. The number of rotatable bonds is 4. The Balaban J connectivity index is 1.76. The molecule has 2 heterocycles. The first-order chi connectivity index (χ1) is 11.1. The molecule has 0 bridgehead atoms. The average Bonchev–Trinajstić information content (AvgIpc) is 2.53. The smallest absolute Gasteiger partial charge is 0.220 e. The van der Waals surface area contributed by atoms with Gasteiger partial charge in [0.1, 0.15) is 11.4 Å². The minimum atomic E-state index is -0.0946.